The van der Waals surface area contributed by atoms with Crippen LogP contribution in [0.2, 0.25) is 0 Å². The third kappa shape index (κ3) is 2.01. The predicted octanol–water partition coefficient (Wildman–Crippen LogP) is 1.68. The summed E-state index contributed by atoms with van der Waals surface area (Å²) in [6.45, 7) is 0. The maximum atomic E-state index is 5.80. The van der Waals surface area contributed by atoms with Gasteiger partial charge < -0.3 is 10.6 Å². The van der Waals surface area contributed by atoms with Gasteiger partial charge in [0.15, 0.2) is 0 Å². The molecule has 84 valence electrons. The highest BCUT2D eigenvalue weighted by atomic mass is 79.9. The number of nitrogen functional groups attached to an aromatic ring is 1. The Morgan fingerprint density at radius 2 is 1.88 bits per heavy atom. The van der Waals surface area contributed by atoms with Gasteiger partial charge in [-0.25, -0.2) is 0 Å². The quantitative estimate of drug-likeness (QED) is 0.910. The zero-order valence-electron chi connectivity index (χ0n) is 9.05. The van der Waals surface area contributed by atoms with E-state index in [1.807, 2.05) is 43.3 Å². The van der Waals surface area contributed by atoms with E-state index in [4.69, 9.17) is 5.73 Å². The van der Waals surface area contributed by atoms with Crippen LogP contribution in [0.15, 0.2) is 28.7 Å². The molecular formula is C10H12BrN5. The lowest BCUT2D eigenvalue weighted by molar-refractivity contribution is 0.874. The van der Waals surface area contributed by atoms with Gasteiger partial charge in [-0.15, -0.1) is 5.10 Å². The van der Waals surface area contributed by atoms with Crippen molar-refractivity contribution in [2.24, 2.45) is 0 Å². The Morgan fingerprint density at radius 1 is 1.25 bits per heavy atom. The van der Waals surface area contributed by atoms with Crippen molar-refractivity contribution in [3.05, 3.63) is 28.7 Å². The minimum atomic E-state index is 0.381. The monoisotopic (exact) mass is 281 g/mol. The van der Waals surface area contributed by atoms with Crippen LogP contribution in [0.25, 0.3) is 5.69 Å². The zero-order valence-corrected chi connectivity index (χ0v) is 10.6. The third-order valence-corrected chi connectivity index (χ3v) is 2.62. The first-order valence-electron chi connectivity index (χ1n) is 4.74. The van der Waals surface area contributed by atoms with Gasteiger partial charge in [0.2, 0.25) is 11.9 Å². The smallest absolute Gasteiger partial charge is 0.246 e. The SMILES string of the molecule is CN(C)c1nc(N)n(-c2ccc(Br)cc2)n1. The van der Waals surface area contributed by atoms with Crippen LogP contribution in [0.1, 0.15) is 0 Å². The highest BCUT2D eigenvalue weighted by Gasteiger charge is 2.09. The zero-order chi connectivity index (χ0) is 11.7. The average Bonchev–Trinajstić information content (AvgIpc) is 2.62. The molecule has 16 heavy (non-hydrogen) atoms. The molecule has 1 aromatic heterocycles. The summed E-state index contributed by atoms with van der Waals surface area (Å²) < 4.78 is 2.63. The van der Waals surface area contributed by atoms with E-state index in [0.717, 1.165) is 10.2 Å². The van der Waals surface area contributed by atoms with E-state index >= 15 is 0 Å². The van der Waals surface area contributed by atoms with E-state index in [1.54, 1.807) is 4.68 Å². The summed E-state index contributed by atoms with van der Waals surface area (Å²) >= 11 is 3.38. The van der Waals surface area contributed by atoms with Crippen molar-refractivity contribution in [2.75, 3.05) is 24.7 Å². The van der Waals surface area contributed by atoms with Crippen LogP contribution in [0.5, 0.6) is 0 Å². The lowest BCUT2D eigenvalue weighted by Crippen LogP contribution is -2.10. The summed E-state index contributed by atoms with van der Waals surface area (Å²) in [6.07, 6.45) is 0. The van der Waals surface area contributed by atoms with Gasteiger partial charge in [-0.05, 0) is 24.3 Å². The number of halogens is 1. The Labute approximate surface area is 102 Å². The number of nitrogens with two attached hydrogens (primary N) is 1. The molecule has 0 bridgehead atoms. The largest absolute Gasteiger partial charge is 0.368 e. The van der Waals surface area contributed by atoms with Crippen LogP contribution < -0.4 is 10.6 Å². The van der Waals surface area contributed by atoms with E-state index in [-0.39, 0.29) is 0 Å². The molecule has 2 aromatic rings. The van der Waals surface area contributed by atoms with Gasteiger partial charge in [-0.2, -0.15) is 9.67 Å². The average molecular weight is 282 g/mol. The van der Waals surface area contributed by atoms with Gasteiger partial charge in [0, 0.05) is 18.6 Å². The second-order valence-corrected chi connectivity index (χ2v) is 4.47. The molecule has 0 amide bonds. The van der Waals surface area contributed by atoms with E-state index in [1.165, 1.54) is 0 Å². The van der Waals surface area contributed by atoms with Gasteiger partial charge in [-0.1, -0.05) is 15.9 Å². The van der Waals surface area contributed by atoms with Crippen molar-refractivity contribution in [3.63, 3.8) is 0 Å². The van der Waals surface area contributed by atoms with Gasteiger partial charge in [-0.3, -0.25) is 0 Å². The van der Waals surface area contributed by atoms with Crippen molar-refractivity contribution < 1.29 is 0 Å². The van der Waals surface area contributed by atoms with Crippen LogP contribution in [0.4, 0.5) is 11.9 Å². The summed E-state index contributed by atoms with van der Waals surface area (Å²) in [4.78, 5) is 5.96. The van der Waals surface area contributed by atoms with E-state index < -0.39 is 0 Å². The number of nitrogens with zero attached hydrogens (tertiary/aromatic N) is 4. The molecule has 0 radical (unpaired) electrons. The molecule has 5 nitrogen and oxygen atoms in total. The number of hydrogen-bond donors (Lipinski definition) is 1. The first kappa shape index (κ1) is 10.9. The minimum absolute atomic E-state index is 0.381. The highest BCUT2D eigenvalue weighted by molar-refractivity contribution is 9.10. The van der Waals surface area contributed by atoms with Crippen molar-refractivity contribution in [2.45, 2.75) is 0 Å². The Bertz CT molecular complexity index is 488. The summed E-state index contributed by atoms with van der Waals surface area (Å²) in [5.74, 6) is 0.978. The number of anilines is 2. The second-order valence-electron chi connectivity index (χ2n) is 3.55. The maximum absolute atomic E-state index is 5.80. The molecule has 0 saturated heterocycles. The van der Waals surface area contributed by atoms with Crippen molar-refractivity contribution in [1.82, 2.24) is 14.8 Å². The highest BCUT2D eigenvalue weighted by Crippen LogP contribution is 2.17. The molecule has 0 spiro atoms. The Hall–Kier alpha value is -1.56. The molecule has 1 aromatic carbocycles. The molecular weight excluding hydrogens is 270 g/mol. The van der Waals surface area contributed by atoms with Crippen LogP contribution >= 0.6 is 15.9 Å². The Kier molecular flexibility index (Phi) is 2.82. The molecule has 0 aliphatic rings. The number of benzene rings is 1. The van der Waals surface area contributed by atoms with Crippen molar-refractivity contribution in [3.8, 4) is 5.69 Å². The van der Waals surface area contributed by atoms with E-state index in [9.17, 15) is 0 Å². The predicted molar refractivity (Wildman–Crippen MR) is 67.8 cm³/mol. The fourth-order valence-electron chi connectivity index (χ4n) is 1.27. The summed E-state index contributed by atoms with van der Waals surface area (Å²) in [5, 5.41) is 4.30. The standard InChI is InChI=1S/C10H12BrN5/c1-15(2)10-13-9(12)16(14-10)8-5-3-7(11)4-6-8/h3-6H,1-2H3,(H2,12,13,14). The first-order valence-corrected chi connectivity index (χ1v) is 5.53. The molecule has 1 heterocycles. The fraction of sp³-hybridized carbons (Fsp3) is 0.200. The molecule has 2 N–H and O–H groups in total. The molecule has 0 aliphatic carbocycles. The normalized spacial score (nSPS) is 10.4. The number of rotatable bonds is 2. The van der Waals surface area contributed by atoms with Gasteiger partial charge >= 0.3 is 0 Å². The fourth-order valence-corrected chi connectivity index (χ4v) is 1.54. The van der Waals surface area contributed by atoms with Crippen LogP contribution in [0.3, 0.4) is 0 Å². The summed E-state index contributed by atoms with van der Waals surface area (Å²) in [7, 11) is 3.75. The number of aromatic nitrogens is 3. The molecule has 2 rings (SSSR count). The summed E-state index contributed by atoms with van der Waals surface area (Å²) in [5.41, 5.74) is 6.69. The van der Waals surface area contributed by atoms with Crippen LogP contribution in [0, 0.1) is 0 Å². The van der Waals surface area contributed by atoms with Gasteiger partial charge in [0.25, 0.3) is 0 Å². The lowest BCUT2D eigenvalue weighted by Gasteiger charge is -2.04. The minimum Gasteiger partial charge on any atom is -0.368 e. The molecule has 0 aliphatic heterocycles. The molecule has 6 heteroatoms. The van der Waals surface area contributed by atoms with Gasteiger partial charge in [0.1, 0.15) is 0 Å². The molecule has 0 atom stereocenters. The Balaban J connectivity index is 2.44. The van der Waals surface area contributed by atoms with Crippen LogP contribution in [-0.4, -0.2) is 28.9 Å². The number of hydrogen-bond acceptors (Lipinski definition) is 4. The maximum Gasteiger partial charge on any atom is 0.246 e. The Morgan fingerprint density at radius 3 is 2.38 bits per heavy atom. The topological polar surface area (TPSA) is 60.0 Å². The third-order valence-electron chi connectivity index (χ3n) is 2.09. The molecule has 0 unspecified atom stereocenters. The molecule has 0 saturated carbocycles. The first-order chi connectivity index (χ1) is 7.58. The second kappa shape index (κ2) is 4.13. The van der Waals surface area contributed by atoms with E-state index in [0.29, 0.717) is 11.9 Å². The van der Waals surface area contributed by atoms with Crippen molar-refractivity contribution in [1.29, 1.82) is 0 Å². The van der Waals surface area contributed by atoms with E-state index in [2.05, 4.69) is 26.0 Å². The van der Waals surface area contributed by atoms with Crippen molar-refractivity contribution >= 4 is 27.8 Å². The van der Waals surface area contributed by atoms with Crippen LogP contribution in [-0.2, 0) is 0 Å². The molecule has 0 fully saturated rings. The lowest BCUT2D eigenvalue weighted by atomic mass is 10.3. The summed E-state index contributed by atoms with van der Waals surface area (Å²) in [6, 6.07) is 7.72. The van der Waals surface area contributed by atoms with Gasteiger partial charge in [0.05, 0.1) is 5.69 Å².